The van der Waals surface area contributed by atoms with Crippen molar-refractivity contribution in [1.29, 1.82) is 0 Å². The van der Waals surface area contributed by atoms with Gasteiger partial charge in [-0.3, -0.25) is 9.39 Å². The molecule has 0 radical (unpaired) electrons. The smallest absolute Gasteiger partial charge is 0.191 e. The minimum absolute atomic E-state index is 0.539. The second-order valence-corrected chi connectivity index (χ2v) is 5.57. The zero-order valence-corrected chi connectivity index (χ0v) is 14.4. The zero-order valence-electron chi connectivity index (χ0n) is 14.4. The molecule has 7 nitrogen and oxygen atoms in total. The first-order valence-electron chi connectivity index (χ1n) is 8.10. The molecule has 2 heterocycles. The molecule has 0 fully saturated rings. The lowest BCUT2D eigenvalue weighted by molar-refractivity contribution is 0.185. The average Bonchev–Trinajstić information content (AvgIpc) is 3.07. The van der Waals surface area contributed by atoms with Crippen molar-refractivity contribution in [3.8, 4) is 0 Å². The van der Waals surface area contributed by atoms with E-state index >= 15 is 0 Å². The quantitative estimate of drug-likeness (QED) is 0.529. The van der Waals surface area contributed by atoms with E-state index in [1.165, 1.54) is 5.56 Å². The third kappa shape index (κ3) is 4.33. The van der Waals surface area contributed by atoms with E-state index in [0.29, 0.717) is 25.7 Å². The molecule has 0 amide bonds. The van der Waals surface area contributed by atoms with Crippen molar-refractivity contribution in [1.82, 2.24) is 25.2 Å². The van der Waals surface area contributed by atoms with E-state index in [9.17, 15) is 0 Å². The van der Waals surface area contributed by atoms with Crippen molar-refractivity contribution in [2.45, 2.75) is 19.7 Å². The molecule has 0 aliphatic rings. The summed E-state index contributed by atoms with van der Waals surface area (Å²) in [4.78, 5) is 4.25. The molecule has 130 valence electrons. The van der Waals surface area contributed by atoms with Crippen LogP contribution in [0.5, 0.6) is 0 Å². The molecule has 0 atom stereocenters. The lowest BCUT2D eigenvalue weighted by Gasteiger charge is -2.11. The predicted molar refractivity (Wildman–Crippen MR) is 97.2 cm³/mol. The number of fused-ring (bicyclic) bond motifs is 1. The summed E-state index contributed by atoms with van der Waals surface area (Å²) in [6.45, 7) is 1.86. The van der Waals surface area contributed by atoms with Crippen molar-refractivity contribution in [3.63, 3.8) is 0 Å². The van der Waals surface area contributed by atoms with Crippen LogP contribution in [-0.2, 0) is 24.4 Å². The van der Waals surface area contributed by atoms with Gasteiger partial charge >= 0.3 is 0 Å². The predicted octanol–water partition coefficient (Wildman–Crippen LogP) is 1.74. The first kappa shape index (κ1) is 16.9. The van der Waals surface area contributed by atoms with Crippen LogP contribution in [0, 0.1) is 0 Å². The van der Waals surface area contributed by atoms with E-state index in [1.54, 1.807) is 14.2 Å². The molecule has 1 aromatic carbocycles. The van der Waals surface area contributed by atoms with Gasteiger partial charge in [-0.15, -0.1) is 10.2 Å². The van der Waals surface area contributed by atoms with Crippen molar-refractivity contribution in [2.24, 2.45) is 4.99 Å². The largest absolute Gasteiger partial charge is 0.380 e. The number of rotatable bonds is 6. The Balaban J connectivity index is 1.54. The van der Waals surface area contributed by atoms with Crippen LogP contribution in [0.3, 0.4) is 0 Å². The maximum Gasteiger partial charge on any atom is 0.191 e. The third-order valence-electron chi connectivity index (χ3n) is 3.82. The molecule has 0 bridgehead atoms. The summed E-state index contributed by atoms with van der Waals surface area (Å²) in [6.07, 6.45) is 1.95. The summed E-state index contributed by atoms with van der Waals surface area (Å²) in [5, 5.41) is 14.9. The van der Waals surface area contributed by atoms with Gasteiger partial charge in [0.1, 0.15) is 0 Å². The fourth-order valence-electron chi connectivity index (χ4n) is 2.50. The van der Waals surface area contributed by atoms with Gasteiger partial charge in [0, 0.05) is 26.9 Å². The Morgan fingerprint density at radius 1 is 1.04 bits per heavy atom. The molecule has 2 aromatic heterocycles. The van der Waals surface area contributed by atoms with Crippen LogP contribution < -0.4 is 10.6 Å². The van der Waals surface area contributed by atoms with Gasteiger partial charge in [0.15, 0.2) is 17.4 Å². The topological polar surface area (TPSA) is 75.8 Å². The van der Waals surface area contributed by atoms with E-state index in [2.05, 4.69) is 50.1 Å². The van der Waals surface area contributed by atoms with E-state index in [4.69, 9.17) is 4.74 Å². The molecule has 0 saturated heterocycles. The molecule has 0 spiro atoms. The number of hydrogen-bond donors (Lipinski definition) is 2. The summed E-state index contributed by atoms with van der Waals surface area (Å²) in [6, 6.07) is 14.1. The Labute approximate surface area is 146 Å². The summed E-state index contributed by atoms with van der Waals surface area (Å²) < 4.78 is 7.08. The van der Waals surface area contributed by atoms with Crippen LogP contribution in [0.1, 0.15) is 17.0 Å². The highest BCUT2D eigenvalue weighted by Gasteiger charge is 2.05. The van der Waals surface area contributed by atoms with Crippen molar-refractivity contribution in [3.05, 3.63) is 65.6 Å². The van der Waals surface area contributed by atoms with E-state index in [0.717, 1.165) is 17.0 Å². The Morgan fingerprint density at radius 3 is 2.56 bits per heavy atom. The second-order valence-electron chi connectivity index (χ2n) is 5.57. The zero-order chi connectivity index (χ0) is 17.5. The molecule has 0 aliphatic carbocycles. The van der Waals surface area contributed by atoms with Crippen LogP contribution >= 0.6 is 0 Å². The highest BCUT2D eigenvalue weighted by atomic mass is 16.5. The van der Waals surface area contributed by atoms with Gasteiger partial charge in [0.25, 0.3) is 0 Å². The Morgan fingerprint density at radius 2 is 1.80 bits per heavy atom. The van der Waals surface area contributed by atoms with Crippen LogP contribution in [0.2, 0.25) is 0 Å². The highest BCUT2D eigenvalue weighted by Crippen LogP contribution is 2.05. The number of methoxy groups -OCH3 is 1. The van der Waals surface area contributed by atoms with Crippen molar-refractivity contribution < 1.29 is 4.74 Å². The molecule has 3 rings (SSSR count). The van der Waals surface area contributed by atoms with E-state index in [1.807, 2.05) is 28.8 Å². The minimum Gasteiger partial charge on any atom is -0.380 e. The van der Waals surface area contributed by atoms with Crippen LogP contribution in [0.4, 0.5) is 0 Å². The number of benzene rings is 1. The van der Waals surface area contributed by atoms with Gasteiger partial charge in [-0.25, -0.2) is 0 Å². The lowest BCUT2D eigenvalue weighted by Crippen LogP contribution is -2.36. The second kappa shape index (κ2) is 8.25. The molecule has 0 saturated carbocycles. The number of aromatic nitrogens is 3. The molecule has 0 unspecified atom stereocenters. The fourth-order valence-corrected chi connectivity index (χ4v) is 2.50. The van der Waals surface area contributed by atoms with Gasteiger partial charge in [-0.2, -0.15) is 0 Å². The maximum absolute atomic E-state index is 5.12. The van der Waals surface area contributed by atoms with Gasteiger partial charge in [0.05, 0.1) is 13.2 Å². The van der Waals surface area contributed by atoms with Crippen molar-refractivity contribution in [2.75, 3.05) is 14.2 Å². The van der Waals surface area contributed by atoms with Crippen LogP contribution in [0.25, 0.3) is 5.65 Å². The standard InChI is InChI=1S/C18H22N6O/c1-19-18(20-11-14-6-8-15(9-7-14)13-25-2)21-12-17-23-22-16-5-3-4-10-24(16)17/h3-10H,11-13H2,1-2H3,(H2,19,20,21). The first-order chi connectivity index (χ1) is 12.3. The number of nitrogens with one attached hydrogen (secondary N) is 2. The summed E-state index contributed by atoms with van der Waals surface area (Å²) in [5.41, 5.74) is 3.17. The maximum atomic E-state index is 5.12. The Bertz CT molecular complexity index is 840. The van der Waals surface area contributed by atoms with Crippen LogP contribution in [-0.4, -0.2) is 34.7 Å². The summed E-state index contributed by atoms with van der Waals surface area (Å²) in [5.74, 6) is 1.55. The molecule has 7 heteroatoms. The molecule has 2 N–H and O–H groups in total. The summed E-state index contributed by atoms with van der Waals surface area (Å²) in [7, 11) is 3.45. The number of pyridine rings is 1. The first-order valence-corrected chi connectivity index (χ1v) is 8.10. The normalized spacial score (nSPS) is 11.7. The number of nitrogens with zero attached hydrogens (tertiary/aromatic N) is 4. The molecule has 25 heavy (non-hydrogen) atoms. The number of hydrogen-bond acceptors (Lipinski definition) is 4. The monoisotopic (exact) mass is 338 g/mol. The van der Waals surface area contributed by atoms with E-state index in [-0.39, 0.29) is 0 Å². The van der Waals surface area contributed by atoms with Crippen LogP contribution in [0.15, 0.2) is 53.7 Å². The average molecular weight is 338 g/mol. The third-order valence-corrected chi connectivity index (χ3v) is 3.82. The highest BCUT2D eigenvalue weighted by molar-refractivity contribution is 5.79. The Kier molecular flexibility index (Phi) is 5.58. The lowest BCUT2D eigenvalue weighted by atomic mass is 10.1. The van der Waals surface area contributed by atoms with Gasteiger partial charge in [-0.1, -0.05) is 30.3 Å². The summed E-state index contributed by atoms with van der Waals surface area (Å²) >= 11 is 0. The minimum atomic E-state index is 0.539. The fraction of sp³-hybridized carbons (Fsp3) is 0.278. The SMILES string of the molecule is CN=C(NCc1ccc(COC)cc1)NCc1nnc2ccccn12. The number of guanidine groups is 1. The van der Waals surface area contributed by atoms with Gasteiger partial charge < -0.3 is 15.4 Å². The number of ether oxygens (including phenoxy) is 1. The Hall–Kier alpha value is -2.93. The van der Waals surface area contributed by atoms with Gasteiger partial charge in [-0.05, 0) is 23.3 Å². The molecular weight excluding hydrogens is 316 g/mol. The van der Waals surface area contributed by atoms with Crippen molar-refractivity contribution >= 4 is 11.6 Å². The molecular formula is C18H22N6O. The van der Waals surface area contributed by atoms with E-state index < -0.39 is 0 Å². The molecule has 3 aromatic rings. The molecule has 0 aliphatic heterocycles. The number of aliphatic imine (C=N–C) groups is 1. The van der Waals surface area contributed by atoms with Gasteiger partial charge in [0.2, 0.25) is 0 Å².